The second-order valence-corrected chi connectivity index (χ2v) is 10.9. The van der Waals surface area contributed by atoms with Gasteiger partial charge < -0.3 is 15.5 Å². The number of piperazine rings is 1. The molecule has 0 saturated carbocycles. The number of para-hydroxylation sites is 1. The van der Waals surface area contributed by atoms with Crippen molar-refractivity contribution >= 4 is 27.5 Å². The topological polar surface area (TPSA) is 124 Å². The fraction of sp³-hybridized carbons (Fsp3) is 0.526. The summed E-state index contributed by atoms with van der Waals surface area (Å²) in [6.45, 7) is 2.40. The number of hydrogen-bond donors (Lipinski definition) is 1. The quantitative estimate of drug-likeness (QED) is 0.431. The number of halogens is 1. The van der Waals surface area contributed by atoms with E-state index in [2.05, 4.69) is 15.1 Å². The zero-order valence-electron chi connectivity index (χ0n) is 17.4. The van der Waals surface area contributed by atoms with Gasteiger partial charge in [-0.15, -0.1) is 10.2 Å². The summed E-state index contributed by atoms with van der Waals surface area (Å²) in [4.78, 5) is 16.5. The lowest BCUT2D eigenvalue weighted by Gasteiger charge is -2.37. The van der Waals surface area contributed by atoms with Crippen LogP contribution in [0.2, 0.25) is 0 Å². The number of thioether (sulfide) groups is 1. The first-order valence-corrected chi connectivity index (χ1v) is 13.0. The number of nitrogens with two attached hydrogens (primary N) is 1. The summed E-state index contributed by atoms with van der Waals surface area (Å²) in [5.41, 5.74) is 0. The number of sulfone groups is 1. The molecule has 4 rings (SSSR count). The van der Waals surface area contributed by atoms with Gasteiger partial charge in [-0.25, -0.2) is 17.5 Å². The largest absolute Gasteiger partial charge is 0.482 e. The highest BCUT2D eigenvalue weighted by molar-refractivity contribution is 7.99. The van der Waals surface area contributed by atoms with E-state index in [0.29, 0.717) is 43.6 Å². The molecule has 3 heterocycles. The Hall–Kier alpha value is -2.38. The van der Waals surface area contributed by atoms with Crippen LogP contribution in [0.15, 0.2) is 29.4 Å². The lowest BCUT2D eigenvalue weighted by molar-refractivity contribution is -0.130. The van der Waals surface area contributed by atoms with Crippen molar-refractivity contribution in [3.8, 4) is 5.75 Å². The van der Waals surface area contributed by atoms with Crippen molar-refractivity contribution in [1.29, 1.82) is 0 Å². The maximum Gasteiger partial charge on any atom is 0.233 e. The standard InChI is InChI=1S/C19H25FN6O4S2/c20-15-3-1-2-4-16(15)30-11-17-22-23-19(26(17)21)31-12-18(27)25-8-6-24(7-9-25)14-5-10-32(28,29)13-14/h1-4,14H,5-13,21H2. The van der Waals surface area contributed by atoms with Crippen LogP contribution >= 0.6 is 11.8 Å². The normalized spacial score (nSPS) is 21.0. The number of hydrogen-bond acceptors (Lipinski definition) is 9. The van der Waals surface area contributed by atoms with Crippen LogP contribution < -0.4 is 10.6 Å². The molecule has 2 aliphatic rings. The van der Waals surface area contributed by atoms with Crippen LogP contribution in [0.3, 0.4) is 0 Å². The summed E-state index contributed by atoms with van der Waals surface area (Å²) in [5.74, 6) is 6.49. The molecular formula is C19H25FN6O4S2. The Kier molecular flexibility index (Phi) is 6.86. The van der Waals surface area contributed by atoms with Crippen LogP contribution in [0.4, 0.5) is 4.39 Å². The van der Waals surface area contributed by atoms with E-state index < -0.39 is 15.7 Å². The molecule has 1 unspecified atom stereocenters. The maximum absolute atomic E-state index is 13.7. The molecule has 1 aromatic heterocycles. The molecule has 1 amide bonds. The number of rotatable bonds is 7. The van der Waals surface area contributed by atoms with Gasteiger partial charge in [0.25, 0.3) is 0 Å². The fourth-order valence-corrected chi connectivity index (χ4v) is 6.37. The van der Waals surface area contributed by atoms with Crippen LogP contribution in [0.5, 0.6) is 5.75 Å². The number of nitrogen functional groups attached to an aromatic ring is 1. The summed E-state index contributed by atoms with van der Waals surface area (Å²) in [5, 5.41) is 8.30. The van der Waals surface area contributed by atoms with Crippen LogP contribution in [0.25, 0.3) is 0 Å². The third-order valence-corrected chi connectivity index (χ3v) is 8.32. The van der Waals surface area contributed by atoms with Crippen molar-refractivity contribution < 1.29 is 22.3 Å². The van der Waals surface area contributed by atoms with Crippen LogP contribution in [0.1, 0.15) is 12.2 Å². The molecule has 2 aromatic rings. The Morgan fingerprint density at radius 2 is 1.97 bits per heavy atom. The number of carbonyl (C=O) groups is 1. The molecule has 32 heavy (non-hydrogen) atoms. The Bertz CT molecular complexity index is 1070. The van der Waals surface area contributed by atoms with E-state index in [9.17, 15) is 17.6 Å². The van der Waals surface area contributed by atoms with Crippen molar-refractivity contribution in [2.45, 2.75) is 24.2 Å². The number of carbonyl (C=O) groups excluding carboxylic acids is 1. The van der Waals surface area contributed by atoms with Crippen molar-refractivity contribution in [2.75, 3.05) is 49.3 Å². The molecule has 174 valence electrons. The first-order chi connectivity index (χ1) is 15.3. The van der Waals surface area contributed by atoms with Gasteiger partial charge in [-0.2, -0.15) is 0 Å². The molecule has 1 atom stereocenters. The Morgan fingerprint density at radius 1 is 1.22 bits per heavy atom. The Labute approximate surface area is 189 Å². The van der Waals surface area contributed by atoms with E-state index in [1.54, 1.807) is 17.0 Å². The van der Waals surface area contributed by atoms with Gasteiger partial charge >= 0.3 is 0 Å². The van der Waals surface area contributed by atoms with Crippen LogP contribution in [0, 0.1) is 5.82 Å². The molecule has 0 aliphatic carbocycles. The lowest BCUT2D eigenvalue weighted by atomic mass is 10.2. The summed E-state index contributed by atoms with van der Waals surface area (Å²) < 4.78 is 43.7. The smallest absolute Gasteiger partial charge is 0.233 e. The molecule has 0 bridgehead atoms. The van der Waals surface area contributed by atoms with Gasteiger partial charge in [0, 0.05) is 32.2 Å². The average molecular weight is 485 g/mol. The minimum Gasteiger partial charge on any atom is -0.482 e. The van der Waals surface area contributed by atoms with Crippen LogP contribution in [-0.2, 0) is 21.2 Å². The summed E-state index contributed by atoms with van der Waals surface area (Å²) in [6, 6.07) is 6.09. The van der Waals surface area contributed by atoms with Crippen LogP contribution in [-0.4, -0.2) is 88.5 Å². The molecule has 2 aliphatic heterocycles. The van der Waals surface area contributed by atoms with E-state index in [1.165, 1.54) is 28.6 Å². The predicted octanol–water partition coefficient (Wildman–Crippen LogP) is 0.133. The Morgan fingerprint density at radius 3 is 2.66 bits per heavy atom. The predicted molar refractivity (Wildman–Crippen MR) is 117 cm³/mol. The first-order valence-electron chi connectivity index (χ1n) is 10.2. The average Bonchev–Trinajstić information content (AvgIpc) is 3.33. The van der Waals surface area contributed by atoms with Gasteiger partial charge in [-0.05, 0) is 18.6 Å². The second-order valence-electron chi connectivity index (χ2n) is 7.75. The van der Waals surface area contributed by atoms with Gasteiger partial charge in [-0.3, -0.25) is 9.69 Å². The highest BCUT2D eigenvalue weighted by Crippen LogP contribution is 2.21. The van der Waals surface area contributed by atoms with Crippen molar-refractivity contribution in [3.05, 3.63) is 35.9 Å². The van der Waals surface area contributed by atoms with Gasteiger partial charge in [-0.1, -0.05) is 23.9 Å². The Balaban J connectivity index is 1.24. The summed E-state index contributed by atoms with van der Waals surface area (Å²) in [7, 11) is -2.92. The van der Waals surface area contributed by atoms with E-state index in [-0.39, 0.29) is 41.6 Å². The molecule has 2 saturated heterocycles. The van der Waals surface area contributed by atoms with Gasteiger partial charge in [0.1, 0.15) is 6.61 Å². The lowest BCUT2D eigenvalue weighted by Crippen LogP contribution is -2.52. The van der Waals surface area contributed by atoms with E-state index >= 15 is 0 Å². The van der Waals surface area contributed by atoms with E-state index in [0.717, 1.165) is 0 Å². The number of nitrogens with zero attached hydrogens (tertiary/aromatic N) is 5. The molecule has 10 nitrogen and oxygen atoms in total. The zero-order valence-corrected chi connectivity index (χ0v) is 19.0. The number of aromatic nitrogens is 3. The molecule has 2 N–H and O–H groups in total. The number of amides is 1. The van der Waals surface area contributed by atoms with Gasteiger partial charge in [0.05, 0.1) is 17.3 Å². The third-order valence-electron chi connectivity index (χ3n) is 5.65. The maximum atomic E-state index is 13.7. The number of ether oxygens (including phenoxy) is 1. The summed E-state index contributed by atoms with van der Waals surface area (Å²) >= 11 is 1.17. The monoisotopic (exact) mass is 484 g/mol. The highest BCUT2D eigenvalue weighted by atomic mass is 32.2. The fourth-order valence-electron chi connectivity index (χ4n) is 3.83. The minimum absolute atomic E-state index is 0.0409. The van der Waals surface area contributed by atoms with Crippen molar-refractivity contribution in [2.24, 2.45) is 0 Å². The molecule has 13 heteroatoms. The van der Waals surface area contributed by atoms with Gasteiger partial charge in [0.15, 0.2) is 27.2 Å². The second kappa shape index (κ2) is 9.63. The van der Waals surface area contributed by atoms with Crippen molar-refractivity contribution in [1.82, 2.24) is 24.7 Å². The van der Waals surface area contributed by atoms with E-state index in [4.69, 9.17) is 10.6 Å². The zero-order chi connectivity index (χ0) is 22.7. The van der Waals surface area contributed by atoms with Crippen molar-refractivity contribution in [3.63, 3.8) is 0 Å². The summed E-state index contributed by atoms with van der Waals surface area (Å²) in [6.07, 6.45) is 0.668. The SMILES string of the molecule is Nn1c(COc2ccccc2F)nnc1SCC(=O)N1CCN(C2CCS(=O)(=O)C2)CC1. The molecule has 0 spiro atoms. The number of benzene rings is 1. The molecule has 1 aromatic carbocycles. The first kappa shape index (κ1) is 22.8. The molecule has 2 fully saturated rings. The molecular weight excluding hydrogens is 459 g/mol. The minimum atomic E-state index is -2.92. The molecule has 0 radical (unpaired) electrons. The third kappa shape index (κ3) is 5.33. The highest BCUT2D eigenvalue weighted by Gasteiger charge is 2.34. The van der Waals surface area contributed by atoms with Gasteiger partial charge in [0.2, 0.25) is 11.1 Å². The van der Waals surface area contributed by atoms with E-state index in [1.807, 2.05) is 0 Å².